The first kappa shape index (κ1) is 25.1. The van der Waals surface area contributed by atoms with Crippen LogP contribution in [0, 0.1) is 0 Å². The molecule has 0 aliphatic carbocycles. The van der Waals surface area contributed by atoms with Crippen LogP contribution in [0.3, 0.4) is 0 Å². The first-order chi connectivity index (χ1) is 16.9. The lowest BCUT2D eigenvalue weighted by Crippen LogP contribution is -2.50. The molecule has 35 heavy (non-hydrogen) atoms. The maximum Gasteiger partial charge on any atom is 0.253 e. The first-order valence-corrected chi connectivity index (χ1v) is 13.1. The van der Waals surface area contributed by atoms with E-state index in [9.17, 15) is 18.3 Å². The second-order valence-electron chi connectivity index (χ2n) is 8.12. The van der Waals surface area contributed by atoms with Crippen LogP contribution in [0.1, 0.15) is 22.3 Å². The number of aliphatic hydroxyl groups excluding tert-OH is 1. The Bertz CT molecular complexity index is 1290. The standard InChI is InChI=1S/C26H26ClN3O4S/c27-23-10-4-20(5-11-23)19-24(12-18-31)35(33,34)30-16-14-29(15-17-30)26(32)22-8-6-21(7-9-22)25-3-1-2-13-28-25/h1-11,13,19,31H,12,14-18H2/b24-19+. The molecule has 2 heterocycles. The summed E-state index contributed by atoms with van der Waals surface area (Å²) in [6.07, 6.45) is 3.29. The molecule has 0 unspecified atom stereocenters. The van der Waals surface area contributed by atoms with Crippen LogP contribution in [0.4, 0.5) is 0 Å². The van der Waals surface area contributed by atoms with Gasteiger partial charge in [0.15, 0.2) is 0 Å². The van der Waals surface area contributed by atoms with E-state index in [1.165, 1.54) is 4.31 Å². The molecule has 1 saturated heterocycles. The van der Waals surface area contributed by atoms with Crippen molar-refractivity contribution >= 4 is 33.6 Å². The predicted molar refractivity (Wildman–Crippen MR) is 137 cm³/mol. The number of aromatic nitrogens is 1. The lowest BCUT2D eigenvalue weighted by molar-refractivity contribution is 0.0698. The first-order valence-electron chi connectivity index (χ1n) is 11.3. The van der Waals surface area contributed by atoms with Crippen LogP contribution in [0.2, 0.25) is 5.02 Å². The Morgan fingerprint density at radius 1 is 0.971 bits per heavy atom. The molecule has 182 valence electrons. The Hall–Kier alpha value is -3.04. The Balaban J connectivity index is 1.43. The van der Waals surface area contributed by atoms with Gasteiger partial charge in [-0.05, 0) is 48.0 Å². The zero-order valence-corrected chi connectivity index (χ0v) is 20.6. The number of rotatable bonds is 7. The van der Waals surface area contributed by atoms with Gasteiger partial charge in [0.05, 0.1) is 10.6 Å². The third-order valence-corrected chi connectivity index (χ3v) is 8.13. The zero-order valence-electron chi connectivity index (χ0n) is 19.0. The van der Waals surface area contributed by atoms with Crippen molar-refractivity contribution in [2.45, 2.75) is 6.42 Å². The highest BCUT2D eigenvalue weighted by Crippen LogP contribution is 2.23. The molecule has 0 saturated carbocycles. The van der Waals surface area contributed by atoms with Crippen molar-refractivity contribution in [1.29, 1.82) is 0 Å². The van der Waals surface area contributed by atoms with Gasteiger partial charge in [-0.15, -0.1) is 0 Å². The van der Waals surface area contributed by atoms with Crippen LogP contribution >= 0.6 is 11.6 Å². The van der Waals surface area contributed by atoms with Crippen molar-refractivity contribution in [3.8, 4) is 11.3 Å². The van der Waals surface area contributed by atoms with Crippen molar-refractivity contribution in [1.82, 2.24) is 14.2 Å². The number of aliphatic hydroxyl groups is 1. The van der Waals surface area contributed by atoms with E-state index < -0.39 is 10.0 Å². The van der Waals surface area contributed by atoms with Crippen LogP contribution in [-0.2, 0) is 10.0 Å². The molecule has 0 radical (unpaired) electrons. The van der Waals surface area contributed by atoms with Crippen molar-refractivity contribution < 1.29 is 18.3 Å². The van der Waals surface area contributed by atoms with E-state index in [0.717, 1.165) is 11.3 Å². The number of piperazine rings is 1. The third kappa shape index (κ3) is 5.97. The topological polar surface area (TPSA) is 90.8 Å². The summed E-state index contributed by atoms with van der Waals surface area (Å²) in [5, 5.41) is 10.0. The fraction of sp³-hybridized carbons (Fsp3) is 0.231. The van der Waals surface area contributed by atoms with Gasteiger partial charge in [0.1, 0.15) is 0 Å². The van der Waals surface area contributed by atoms with Gasteiger partial charge in [-0.2, -0.15) is 4.31 Å². The number of benzene rings is 2. The highest BCUT2D eigenvalue weighted by atomic mass is 35.5. The van der Waals surface area contributed by atoms with Crippen LogP contribution in [-0.4, -0.2) is 66.4 Å². The average Bonchev–Trinajstić information content (AvgIpc) is 2.90. The molecule has 7 nitrogen and oxygen atoms in total. The molecule has 0 spiro atoms. The summed E-state index contributed by atoms with van der Waals surface area (Å²) in [7, 11) is -3.79. The van der Waals surface area contributed by atoms with Crippen LogP contribution in [0.15, 0.2) is 77.8 Å². The van der Waals surface area contributed by atoms with Crippen LogP contribution < -0.4 is 0 Å². The van der Waals surface area contributed by atoms with Crippen molar-refractivity contribution in [2.24, 2.45) is 0 Å². The summed E-state index contributed by atoms with van der Waals surface area (Å²) in [4.78, 5) is 19.1. The Kier molecular flexibility index (Phi) is 7.97. The summed E-state index contributed by atoms with van der Waals surface area (Å²) in [6.45, 7) is 0.652. The van der Waals surface area contributed by atoms with Gasteiger partial charge in [0, 0.05) is 61.6 Å². The molecule has 3 aromatic rings. The number of pyridine rings is 1. The Morgan fingerprint density at radius 3 is 2.26 bits per heavy atom. The predicted octanol–water partition coefficient (Wildman–Crippen LogP) is 3.91. The Morgan fingerprint density at radius 2 is 1.66 bits per heavy atom. The number of sulfonamides is 1. The maximum absolute atomic E-state index is 13.3. The van der Waals surface area contributed by atoms with Gasteiger partial charge in [-0.3, -0.25) is 9.78 Å². The van der Waals surface area contributed by atoms with E-state index >= 15 is 0 Å². The largest absolute Gasteiger partial charge is 0.396 e. The lowest BCUT2D eigenvalue weighted by Gasteiger charge is -2.34. The molecule has 1 N–H and O–H groups in total. The minimum absolute atomic E-state index is 0.00667. The van der Waals surface area contributed by atoms with E-state index in [0.29, 0.717) is 16.1 Å². The van der Waals surface area contributed by atoms with Crippen LogP contribution in [0.5, 0.6) is 0 Å². The molecule has 0 atom stereocenters. The zero-order chi connectivity index (χ0) is 24.8. The van der Waals surface area contributed by atoms with E-state index in [1.807, 2.05) is 30.3 Å². The highest BCUT2D eigenvalue weighted by Gasteiger charge is 2.31. The van der Waals surface area contributed by atoms with Crippen molar-refractivity contribution in [3.63, 3.8) is 0 Å². The second kappa shape index (κ2) is 11.1. The van der Waals surface area contributed by atoms with E-state index in [1.54, 1.807) is 53.6 Å². The molecule has 0 bridgehead atoms. The molecule has 1 amide bonds. The molecule has 4 rings (SSSR count). The van der Waals surface area contributed by atoms with Crippen molar-refractivity contribution in [2.75, 3.05) is 32.8 Å². The fourth-order valence-electron chi connectivity index (χ4n) is 3.93. The number of hydrogen-bond acceptors (Lipinski definition) is 5. The molecule has 1 aliphatic heterocycles. The fourth-order valence-corrected chi connectivity index (χ4v) is 5.66. The van der Waals surface area contributed by atoms with Gasteiger partial charge >= 0.3 is 0 Å². The Labute approximate surface area is 210 Å². The molecular formula is C26H26ClN3O4S. The highest BCUT2D eigenvalue weighted by molar-refractivity contribution is 7.93. The normalized spacial score (nSPS) is 15.3. The number of nitrogens with zero attached hydrogens (tertiary/aromatic N) is 3. The smallest absolute Gasteiger partial charge is 0.253 e. The number of carbonyl (C=O) groups is 1. The summed E-state index contributed by atoms with van der Waals surface area (Å²) < 4.78 is 27.9. The maximum atomic E-state index is 13.3. The molecular weight excluding hydrogens is 486 g/mol. The molecule has 9 heteroatoms. The molecule has 2 aromatic carbocycles. The van der Waals surface area contributed by atoms with Gasteiger partial charge in [-0.25, -0.2) is 8.42 Å². The molecule has 1 fully saturated rings. The minimum atomic E-state index is -3.79. The molecule has 1 aliphatic rings. The SMILES string of the molecule is O=C(c1ccc(-c2ccccn2)cc1)N1CCN(S(=O)(=O)/C(=C/c2ccc(Cl)cc2)CCO)CC1. The van der Waals surface area contributed by atoms with E-state index in [2.05, 4.69) is 4.98 Å². The average molecular weight is 512 g/mol. The van der Waals surface area contributed by atoms with Crippen LogP contribution in [0.25, 0.3) is 17.3 Å². The molecule has 1 aromatic heterocycles. The third-order valence-electron chi connectivity index (χ3n) is 5.85. The lowest BCUT2D eigenvalue weighted by atomic mass is 10.1. The summed E-state index contributed by atoms with van der Waals surface area (Å²) in [5.41, 5.74) is 2.98. The van der Waals surface area contributed by atoms with E-state index in [4.69, 9.17) is 11.6 Å². The quantitative estimate of drug-likeness (QED) is 0.519. The summed E-state index contributed by atoms with van der Waals surface area (Å²) in [5.74, 6) is -0.137. The summed E-state index contributed by atoms with van der Waals surface area (Å²) in [6, 6.07) is 19.7. The number of halogens is 1. The number of carbonyl (C=O) groups excluding carboxylic acids is 1. The van der Waals surface area contributed by atoms with Gasteiger partial charge < -0.3 is 10.0 Å². The van der Waals surface area contributed by atoms with Gasteiger partial charge in [-0.1, -0.05) is 41.9 Å². The van der Waals surface area contributed by atoms with Gasteiger partial charge in [0.2, 0.25) is 10.0 Å². The van der Waals surface area contributed by atoms with Gasteiger partial charge in [0.25, 0.3) is 5.91 Å². The minimum Gasteiger partial charge on any atom is -0.396 e. The summed E-state index contributed by atoms with van der Waals surface area (Å²) >= 11 is 5.92. The van der Waals surface area contributed by atoms with E-state index in [-0.39, 0.29) is 50.0 Å². The second-order valence-corrected chi connectivity index (χ2v) is 10.6. The monoisotopic (exact) mass is 511 g/mol. The van der Waals surface area contributed by atoms with Crippen molar-refractivity contribution in [3.05, 3.63) is 94.0 Å². The number of hydrogen-bond donors (Lipinski definition) is 1. The number of amides is 1.